The van der Waals surface area contributed by atoms with Crippen molar-refractivity contribution in [2.24, 2.45) is 5.18 Å². The van der Waals surface area contributed by atoms with E-state index in [1.165, 1.54) is 0 Å². The fourth-order valence-electron chi connectivity index (χ4n) is 0.722. The maximum atomic E-state index is 9.66. The van der Waals surface area contributed by atoms with Crippen LogP contribution in [0.4, 0.5) is 0 Å². The van der Waals surface area contributed by atoms with Gasteiger partial charge < -0.3 is 4.90 Å². The predicted octanol–water partition coefficient (Wildman–Crippen LogP) is 1.09. The smallest absolute Gasteiger partial charge is 0.0938 e. The van der Waals surface area contributed by atoms with Crippen LogP contribution in [0.3, 0.4) is 0 Å². The van der Waals surface area contributed by atoms with Crippen molar-refractivity contribution in [2.75, 3.05) is 26.2 Å². The standard InChI is InChI=1S/C6H14N2O/c1-3-8(4-2)6-5-7-9/h3-6H2,1-2H3. The van der Waals surface area contributed by atoms with E-state index in [1.807, 2.05) is 0 Å². The van der Waals surface area contributed by atoms with Crippen LogP contribution >= 0.6 is 0 Å². The summed E-state index contributed by atoms with van der Waals surface area (Å²) < 4.78 is 0. The van der Waals surface area contributed by atoms with Gasteiger partial charge >= 0.3 is 0 Å². The van der Waals surface area contributed by atoms with Gasteiger partial charge in [0, 0.05) is 6.54 Å². The first kappa shape index (κ1) is 8.56. The van der Waals surface area contributed by atoms with E-state index in [2.05, 4.69) is 23.9 Å². The minimum absolute atomic E-state index is 0.418. The fourth-order valence-corrected chi connectivity index (χ4v) is 0.722. The van der Waals surface area contributed by atoms with Crippen molar-refractivity contribution in [1.29, 1.82) is 0 Å². The van der Waals surface area contributed by atoms with Gasteiger partial charge in [0.2, 0.25) is 0 Å². The highest BCUT2D eigenvalue weighted by molar-refractivity contribution is 4.52. The molecule has 0 radical (unpaired) electrons. The van der Waals surface area contributed by atoms with E-state index in [0.717, 1.165) is 19.6 Å². The molecule has 0 amide bonds. The van der Waals surface area contributed by atoms with Gasteiger partial charge in [0.05, 0.1) is 6.54 Å². The van der Waals surface area contributed by atoms with Gasteiger partial charge in [0.15, 0.2) is 0 Å². The zero-order chi connectivity index (χ0) is 7.11. The Balaban J connectivity index is 3.19. The topological polar surface area (TPSA) is 32.7 Å². The maximum Gasteiger partial charge on any atom is 0.0938 e. The third kappa shape index (κ3) is 4.09. The predicted molar refractivity (Wildman–Crippen MR) is 38.5 cm³/mol. The number of nitroso groups, excluding NO2 is 1. The monoisotopic (exact) mass is 130 g/mol. The molecular formula is C6H14N2O. The Hall–Kier alpha value is -0.440. The molecular weight excluding hydrogens is 116 g/mol. The van der Waals surface area contributed by atoms with Crippen molar-refractivity contribution < 1.29 is 0 Å². The minimum Gasteiger partial charge on any atom is -0.302 e. The zero-order valence-corrected chi connectivity index (χ0v) is 6.13. The Bertz CT molecular complexity index is 71.5. The van der Waals surface area contributed by atoms with Crippen LogP contribution in [-0.2, 0) is 0 Å². The SMILES string of the molecule is CCN(CC)CCN=O. The van der Waals surface area contributed by atoms with Crippen molar-refractivity contribution in [1.82, 2.24) is 4.90 Å². The molecule has 0 aromatic heterocycles. The fraction of sp³-hybridized carbons (Fsp3) is 1.00. The summed E-state index contributed by atoms with van der Waals surface area (Å²) in [5, 5.41) is 2.78. The Kier molecular flexibility index (Phi) is 5.41. The largest absolute Gasteiger partial charge is 0.302 e. The number of rotatable bonds is 5. The van der Waals surface area contributed by atoms with Crippen molar-refractivity contribution in [2.45, 2.75) is 13.8 Å². The molecule has 0 fully saturated rings. The first-order valence-electron chi connectivity index (χ1n) is 3.36. The lowest BCUT2D eigenvalue weighted by molar-refractivity contribution is 0.313. The summed E-state index contributed by atoms with van der Waals surface area (Å²) in [5.41, 5.74) is 0. The first-order valence-corrected chi connectivity index (χ1v) is 3.36. The molecule has 0 aliphatic heterocycles. The molecule has 0 N–H and O–H groups in total. The van der Waals surface area contributed by atoms with Crippen LogP contribution in [0.1, 0.15) is 13.8 Å². The van der Waals surface area contributed by atoms with E-state index in [-0.39, 0.29) is 0 Å². The van der Waals surface area contributed by atoms with E-state index in [1.54, 1.807) is 0 Å². The molecule has 0 spiro atoms. The molecule has 0 aromatic rings. The second-order valence-electron chi connectivity index (χ2n) is 1.88. The van der Waals surface area contributed by atoms with Gasteiger partial charge in [0.1, 0.15) is 0 Å². The van der Waals surface area contributed by atoms with Crippen LogP contribution in [0, 0.1) is 4.91 Å². The van der Waals surface area contributed by atoms with Crippen LogP contribution in [0.15, 0.2) is 5.18 Å². The van der Waals surface area contributed by atoms with E-state index < -0.39 is 0 Å². The van der Waals surface area contributed by atoms with Crippen molar-refractivity contribution in [3.05, 3.63) is 4.91 Å². The van der Waals surface area contributed by atoms with Gasteiger partial charge in [-0.3, -0.25) is 0 Å². The lowest BCUT2D eigenvalue weighted by Gasteiger charge is -2.14. The van der Waals surface area contributed by atoms with Crippen LogP contribution in [-0.4, -0.2) is 31.1 Å². The summed E-state index contributed by atoms with van der Waals surface area (Å²) >= 11 is 0. The Labute approximate surface area is 56.0 Å². The zero-order valence-electron chi connectivity index (χ0n) is 6.13. The van der Waals surface area contributed by atoms with Gasteiger partial charge in [-0.1, -0.05) is 19.0 Å². The number of hydrogen-bond donors (Lipinski definition) is 0. The normalized spacial score (nSPS) is 10.1. The molecule has 0 heterocycles. The molecule has 0 saturated carbocycles. The molecule has 0 unspecified atom stereocenters. The second-order valence-corrected chi connectivity index (χ2v) is 1.88. The van der Waals surface area contributed by atoms with Crippen molar-refractivity contribution in [3.8, 4) is 0 Å². The lowest BCUT2D eigenvalue weighted by Crippen LogP contribution is -2.25. The third-order valence-electron chi connectivity index (χ3n) is 1.40. The number of hydrogen-bond acceptors (Lipinski definition) is 3. The Morgan fingerprint density at radius 3 is 2.22 bits per heavy atom. The molecule has 0 aliphatic rings. The summed E-state index contributed by atoms with van der Waals surface area (Å²) in [6.07, 6.45) is 0. The average Bonchev–Trinajstić information content (AvgIpc) is 1.91. The summed E-state index contributed by atoms with van der Waals surface area (Å²) in [6.45, 7) is 7.39. The summed E-state index contributed by atoms with van der Waals surface area (Å²) in [4.78, 5) is 11.8. The van der Waals surface area contributed by atoms with Gasteiger partial charge in [0.25, 0.3) is 0 Å². The van der Waals surface area contributed by atoms with Crippen LogP contribution in [0.5, 0.6) is 0 Å². The van der Waals surface area contributed by atoms with Crippen molar-refractivity contribution in [3.63, 3.8) is 0 Å². The summed E-state index contributed by atoms with van der Waals surface area (Å²) in [7, 11) is 0. The van der Waals surface area contributed by atoms with Gasteiger partial charge in [-0.2, -0.15) is 4.91 Å². The van der Waals surface area contributed by atoms with Gasteiger partial charge in [-0.15, -0.1) is 0 Å². The molecule has 0 aromatic carbocycles. The van der Waals surface area contributed by atoms with Crippen molar-refractivity contribution >= 4 is 0 Å². The molecule has 0 atom stereocenters. The van der Waals surface area contributed by atoms with Crippen LogP contribution in [0.2, 0.25) is 0 Å². The summed E-state index contributed by atoms with van der Waals surface area (Å²) in [6, 6.07) is 0. The highest BCUT2D eigenvalue weighted by Gasteiger charge is 1.95. The molecule has 9 heavy (non-hydrogen) atoms. The second kappa shape index (κ2) is 5.69. The molecule has 0 rings (SSSR count). The average molecular weight is 130 g/mol. The molecule has 3 nitrogen and oxygen atoms in total. The lowest BCUT2D eigenvalue weighted by atomic mass is 10.5. The molecule has 54 valence electrons. The van der Waals surface area contributed by atoms with Crippen LogP contribution < -0.4 is 0 Å². The Morgan fingerprint density at radius 1 is 1.33 bits per heavy atom. The van der Waals surface area contributed by atoms with Gasteiger partial charge in [-0.25, -0.2) is 0 Å². The first-order chi connectivity index (χ1) is 4.35. The van der Waals surface area contributed by atoms with E-state index in [4.69, 9.17) is 0 Å². The van der Waals surface area contributed by atoms with E-state index >= 15 is 0 Å². The molecule has 0 bridgehead atoms. The quantitative estimate of drug-likeness (QED) is 0.522. The minimum atomic E-state index is 0.418. The molecule has 0 saturated heterocycles. The number of likely N-dealkylation sites (N-methyl/N-ethyl adjacent to an activating group) is 1. The third-order valence-corrected chi connectivity index (χ3v) is 1.40. The van der Waals surface area contributed by atoms with E-state index in [9.17, 15) is 4.91 Å². The van der Waals surface area contributed by atoms with Gasteiger partial charge in [-0.05, 0) is 13.1 Å². The highest BCUT2D eigenvalue weighted by Crippen LogP contribution is 1.84. The highest BCUT2D eigenvalue weighted by atomic mass is 16.3. The molecule has 0 aliphatic carbocycles. The van der Waals surface area contributed by atoms with E-state index in [0.29, 0.717) is 6.54 Å². The number of nitrogens with zero attached hydrogens (tertiary/aromatic N) is 2. The molecule has 3 heteroatoms. The Morgan fingerprint density at radius 2 is 1.89 bits per heavy atom. The van der Waals surface area contributed by atoms with Crippen LogP contribution in [0.25, 0.3) is 0 Å². The summed E-state index contributed by atoms with van der Waals surface area (Å²) in [5.74, 6) is 0. The maximum absolute atomic E-state index is 9.66.